The van der Waals surface area contributed by atoms with Crippen molar-refractivity contribution in [3.63, 3.8) is 0 Å². The molecule has 0 bridgehead atoms. The lowest BCUT2D eigenvalue weighted by Gasteiger charge is -2.28. The minimum absolute atomic E-state index is 0.109. The van der Waals surface area contributed by atoms with Crippen LogP contribution < -0.4 is 5.32 Å². The second kappa shape index (κ2) is 5.01. The normalized spacial score (nSPS) is 15.8. The fourth-order valence-electron chi connectivity index (χ4n) is 2.19. The van der Waals surface area contributed by atoms with E-state index in [1.807, 2.05) is 0 Å². The van der Waals surface area contributed by atoms with Crippen LogP contribution in [0, 0.1) is 6.92 Å². The molecule has 1 aliphatic heterocycles. The maximum absolute atomic E-state index is 4.46. The van der Waals surface area contributed by atoms with Gasteiger partial charge in [0, 0.05) is 25.6 Å². The van der Waals surface area contributed by atoms with E-state index in [4.69, 9.17) is 0 Å². The maximum Gasteiger partial charge on any atom is 0.193 e. The van der Waals surface area contributed by atoms with E-state index < -0.39 is 0 Å². The van der Waals surface area contributed by atoms with Crippen molar-refractivity contribution in [2.45, 2.75) is 26.2 Å². The first-order valence-corrected chi connectivity index (χ1v) is 6.56. The van der Waals surface area contributed by atoms with E-state index in [-0.39, 0.29) is 5.41 Å². The summed E-state index contributed by atoms with van der Waals surface area (Å²) >= 11 is 0. The number of benzene rings is 1. The molecule has 3 nitrogen and oxygen atoms in total. The van der Waals surface area contributed by atoms with Crippen LogP contribution in [0.2, 0.25) is 0 Å². The molecule has 1 heterocycles. The van der Waals surface area contributed by atoms with Crippen molar-refractivity contribution in [2.24, 2.45) is 4.99 Å². The minimum Gasteiger partial charge on any atom is -0.355 e. The molecule has 1 aliphatic rings. The van der Waals surface area contributed by atoms with Gasteiger partial charge in [0.1, 0.15) is 0 Å². The summed E-state index contributed by atoms with van der Waals surface area (Å²) in [5.41, 5.74) is 2.80. The lowest BCUT2D eigenvalue weighted by Crippen LogP contribution is -2.42. The molecule has 0 atom stereocenters. The average Bonchev–Trinajstić information content (AvgIpc) is 2.72. The highest BCUT2D eigenvalue weighted by atomic mass is 15.3. The van der Waals surface area contributed by atoms with Crippen molar-refractivity contribution in [3.05, 3.63) is 35.4 Å². The molecule has 1 aromatic carbocycles. The third-order valence-corrected chi connectivity index (χ3v) is 3.55. The number of nitrogens with one attached hydrogen (secondary N) is 1. The van der Waals surface area contributed by atoms with Crippen LogP contribution in [0.3, 0.4) is 0 Å². The summed E-state index contributed by atoms with van der Waals surface area (Å²) in [6.07, 6.45) is 0. The number of rotatable bonds is 3. The SMILES string of the molecule is Cc1cccc(C(C)(C)CNC2=NCCN2C)c1. The van der Waals surface area contributed by atoms with Crippen molar-refractivity contribution in [1.29, 1.82) is 0 Å². The van der Waals surface area contributed by atoms with Gasteiger partial charge < -0.3 is 10.2 Å². The van der Waals surface area contributed by atoms with Crippen LogP contribution >= 0.6 is 0 Å². The summed E-state index contributed by atoms with van der Waals surface area (Å²) in [5.74, 6) is 1.02. The molecule has 0 saturated carbocycles. The minimum atomic E-state index is 0.109. The standard InChI is InChI=1S/C15H23N3/c1-12-6-5-7-13(10-12)15(2,3)11-17-14-16-8-9-18(14)4/h5-7,10H,8-9,11H2,1-4H3,(H,16,17). The topological polar surface area (TPSA) is 27.6 Å². The molecular formula is C15H23N3. The Hall–Kier alpha value is -1.51. The molecule has 0 aliphatic carbocycles. The number of hydrogen-bond donors (Lipinski definition) is 1. The van der Waals surface area contributed by atoms with Crippen LogP contribution in [0.15, 0.2) is 29.3 Å². The second-order valence-electron chi connectivity index (χ2n) is 5.73. The van der Waals surface area contributed by atoms with Crippen LogP contribution in [-0.4, -0.2) is 37.5 Å². The van der Waals surface area contributed by atoms with E-state index in [1.165, 1.54) is 11.1 Å². The quantitative estimate of drug-likeness (QED) is 0.883. The van der Waals surface area contributed by atoms with Crippen molar-refractivity contribution in [1.82, 2.24) is 10.2 Å². The van der Waals surface area contributed by atoms with E-state index in [9.17, 15) is 0 Å². The largest absolute Gasteiger partial charge is 0.355 e. The molecule has 0 unspecified atom stereocenters. The maximum atomic E-state index is 4.46. The Morgan fingerprint density at radius 3 is 2.78 bits per heavy atom. The van der Waals surface area contributed by atoms with Crippen molar-refractivity contribution in [3.8, 4) is 0 Å². The Balaban J connectivity index is 2.03. The van der Waals surface area contributed by atoms with Gasteiger partial charge in [-0.3, -0.25) is 4.99 Å². The highest BCUT2D eigenvalue weighted by Crippen LogP contribution is 2.23. The van der Waals surface area contributed by atoms with Crippen molar-refractivity contribution < 1.29 is 0 Å². The summed E-state index contributed by atoms with van der Waals surface area (Å²) < 4.78 is 0. The molecule has 2 rings (SSSR count). The molecule has 0 spiro atoms. The highest BCUT2D eigenvalue weighted by Gasteiger charge is 2.22. The molecule has 1 aromatic rings. The molecule has 0 aromatic heterocycles. The number of nitrogens with zero attached hydrogens (tertiary/aromatic N) is 2. The summed E-state index contributed by atoms with van der Waals surface area (Å²) in [4.78, 5) is 6.64. The van der Waals surface area contributed by atoms with Gasteiger partial charge in [-0.15, -0.1) is 0 Å². The Morgan fingerprint density at radius 1 is 1.39 bits per heavy atom. The van der Waals surface area contributed by atoms with Crippen LogP contribution in [0.4, 0.5) is 0 Å². The zero-order valence-electron chi connectivity index (χ0n) is 11.8. The zero-order valence-corrected chi connectivity index (χ0v) is 11.8. The Morgan fingerprint density at radius 2 is 2.17 bits per heavy atom. The molecule has 1 N–H and O–H groups in total. The monoisotopic (exact) mass is 245 g/mol. The van der Waals surface area contributed by atoms with Gasteiger partial charge >= 0.3 is 0 Å². The average molecular weight is 245 g/mol. The van der Waals surface area contributed by atoms with E-state index in [0.29, 0.717) is 0 Å². The number of guanidine groups is 1. The molecular weight excluding hydrogens is 222 g/mol. The molecule has 3 heteroatoms. The molecule has 0 amide bonds. The predicted octanol–water partition coefficient (Wildman–Crippen LogP) is 2.16. The predicted molar refractivity (Wildman–Crippen MR) is 77.1 cm³/mol. The lowest BCUT2D eigenvalue weighted by molar-refractivity contribution is 0.480. The third kappa shape index (κ3) is 2.84. The smallest absolute Gasteiger partial charge is 0.193 e. The Labute approximate surface area is 110 Å². The summed E-state index contributed by atoms with van der Waals surface area (Å²) in [5, 5.41) is 3.47. The van der Waals surface area contributed by atoms with Gasteiger partial charge in [0.15, 0.2) is 5.96 Å². The van der Waals surface area contributed by atoms with Crippen LogP contribution in [0.5, 0.6) is 0 Å². The molecule has 0 saturated heterocycles. The van der Waals surface area contributed by atoms with E-state index in [1.54, 1.807) is 0 Å². The Bertz CT molecular complexity index is 449. The van der Waals surface area contributed by atoms with E-state index >= 15 is 0 Å². The third-order valence-electron chi connectivity index (χ3n) is 3.55. The van der Waals surface area contributed by atoms with Gasteiger partial charge in [0.25, 0.3) is 0 Å². The van der Waals surface area contributed by atoms with Crippen molar-refractivity contribution >= 4 is 5.96 Å². The molecule has 0 radical (unpaired) electrons. The van der Waals surface area contributed by atoms with Crippen LogP contribution in [0.25, 0.3) is 0 Å². The van der Waals surface area contributed by atoms with Gasteiger partial charge in [-0.05, 0) is 12.5 Å². The number of hydrogen-bond acceptors (Lipinski definition) is 3. The van der Waals surface area contributed by atoms with Gasteiger partial charge in [-0.25, -0.2) is 0 Å². The lowest BCUT2D eigenvalue weighted by atomic mass is 9.84. The second-order valence-corrected chi connectivity index (χ2v) is 5.73. The first kappa shape index (κ1) is 12.9. The fraction of sp³-hybridized carbons (Fsp3) is 0.533. The molecule has 18 heavy (non-hydrogen) atoms. The first-order chi connectivity index (χ1) is 8.49. The number of likely N-dealkylation sites (N-methyl/N-ethyl adjacent to an activating group) is 1. The number of aliphatic imine (C=N–C) groups is 1. The van der Waals surface area contributed by atoms with Crippen LogP contribution in [-0.2, 0) is 5.41 Å². The van der Waals surface area contributed by atoms with Gasteiger partial charge in [0.2, 0.25) is 0 Å². The summed E-state index contributed by atoms with van der Waals surface area (Å²) in [6.45, 7) is 9.51. The Kier molecular flexibility index (Phi) is 3.60. The van der Waals surface area contributed by atoms with Gasteiger partial charge in [-0.2, -0.15) is 0 Å². The van der Waals surface area contributed by atoms with Crippen LogP contribution in [0.1, 0.15) is 25.0 Å². The summed E-state index contributed by atoms with van der Waals surface area (Å²) in [7, 11) is 2.08. The molecule has 0 fully saturated rings. The van der Waals surface area contributed by atoms with E-state index in [0.717, 1.165) is 25.6 Å². The van der Waals surface area contributed by atoms with Crippen molar-refractivity contribution in [2.75, 3.05) is 26.7 Å². The van der Waals surface area contributed by atoms with Gasteiger partial charge in [0.05, 0.1) is 6.54 Å². The first-order valence-electron chi connectivity index (χ1n) is 6.56. The van der Waals surface area contributed by atoms with E-state index in [2.05, 4.69) is 67.3 Å². The summed E-state index contributed by atoms with van der Waals surface area (Å²) in [6, 6.07) is 8.74. The zero-order chi connectivity index (χ0) is 13.2. The fourth-order valence-corrected chi connectivity index (χ4v) is 2.19. The number of aryl methyl sites for hydroxylation is 1. The highest BCUT2D eigenvalue weighted by molar-refractivity contribution is 5.81. The van der Waals surface area contributed by atoms with Gasteiger partial charge in [-0.1, -0.05) is 43.7 Å². The molecule has 98 valence electrons.